The summed E-state index contributed by atoms with van der Waals surface area (Å²) in [4.78, 5) is 26.9. The van der Waals surface area contributed by atoms with Gasteiger partial charge in [0, 0.05) is 13.1 Å². The molecule has 0 aliphatic rings. The van der Waals surface area contributed by atoms with E-state index in [1.165, 1.54) is 11.1 Å². The number of rotatable bonds is 10. The van der Waals surface area contributed by atoms with Gasteiger partial charge >= 0.3 is 0 Å². The topological polar surface area (TPSA) is 49.4 Å². The number of benzene rings is 3. The summed E-state index contributed by atoms with van der Waals surface area (Å²) in [5.41, 5.74) is 3.33. The first kappa shape index (κ1) is 21.3. The van der Waals surface area contributed by atoms with Crippen molar-refractivity contribution in [3.63, 3.8) is 0 Å². The summed E-state index contributed by atoms with van der Waals surface area (Å²) in [5.74, 6) is -0.191. The quantitative estimate of drug-likeness (QED) is 0.565. The summed E-state index contributed by atoms with van der Waals surface area (Å²) in [6, 6.07) is 29.9. The number of amides is 2. The number of nitrogens with zero attached hydrogens (tertiary/aromatic N) is 1. The van der Waals surface area contributed by atoms with Crippen molar-refractivity contribution < 1.29 is 9.59 Å². The molecule has 0 aromatic heterocycles. The van der Waals surface area contributed by atoms with Gasteiger partial charge in [-0.3, -0.25) is 9.59 Å². The number of hydrogen-bond donors (Lipinski definition) is 1. The van der Waals surface area contributed by atoms with Gasteiger partial charge < -0.3 is 10.2 Å². The lowest BCUT2D eigenvalue weighted by molar-refractivity contribution is -0.132. The van der Waals surface area contributed by atoms with E-state index in [0.29, 0.717) is 13.1 Å². The fourth-order valence-corrected chi connectivity index (χ4v) is 3.31. The third kappa shape index (κ3) is 7.21. The van der Waals surface area contributed by atoms with Gasteiger partial charge in [-0.15, -0.1) is 0 Å². The number of carbonyl (C=O) groups is 2. The molecule has 0 aliphatic carbocycles. The van der Waals surface area contributed by atoms with Crippen molar-refractivity contribution in [1.82, 2.24) is 10.2 Å². The molecule has 0 atom stereocenters. The second-order valence-corrected chi connectivity index (χ2v) is 7.29. The summed E-state index contributed by atoms with van der Waals surface area (Å²) in [6.07, 6.45) is 1.86. The lowest BCUT2D eigenvalue weighted by Crippen LogP contribution is -2.42. The molecule has 4 nitrogen and oxygen atoms in total. The number of nitrogens with one attached hydrogen (secondary N) is 1. The van der Waals surface area contributed by atoms with Crippen LogP contribution >= 0.6 is 0 Å². The molecular formula is C26H28N2O2. The number of carbonyl (C=O) groups excluding carboxylic acids is 2. The van der Waals surface area contributed by atoms with Crippen molar-refractivity contribution in [2.45, 2.75) is 19.3 Å². The standard InChI is InChI=1S/C26H28N2O2/c29-25(20-24-14-8-3-9-15-24)27-21-26(30)28(18-16-22-10-4-1-5-11-22)19-17-23-12-6-2-7-13-23/h1-15H,16-21H2,(H,27,29). The normalized spacial score (nSPS) is 10.4. The largest absolute Gasteiger partial charge is 0.347 e. The van der Waals surface area contributed by atoms with E-state index in [2.05, 4.69) is 29.6 Å². The maximum absolute atomic E-state index is 12.9. The predicted molar refractivity (Wildman–Crippen MR) is 120 cm³/mol. The molecule has 2 amide bonds. The molecule has 4 heteroatoms. The van der Waals surface area contributed by atoms with Crippen LogP contribution < -0.4 is 5.32 Å². The first-order valence-electron chi connectivity index (χ1n) is 10.4. The van der Waals surface area contributed by atoms with Gasteiger partial charge in [-0.1, -0.05) is 91.0 Å². The third-order valence-corrected chi connectivity index (χ3v) is 5.02. The molecule has 0 unspecified atom stereocenters. The lowest BCUT2D eigenvalue weighted by Gasteiger charge is -2.23. The maximum atomic E-state index is 12.9. The van der Waals surface area contributed by atoms with E-state index in [4.69, 9.17) is 0 Å². The van der Waals surface area contributed by atoms with Crippen molar-refractivity contribution in [1.29, 1.82) is 0 Å². The van der Waals surface area contributed by atoms with E-state index >= 15 is 0 Å². The Morgan fingerprint density at radius 1 is 0.633 bits per heavy atom. The van der Waals surface area contributed by atoms with Gasteiger partial charge in [0.05, 0.1) is 13.0 Å². The molecule has 3 aromatic carbocycles. The summed E-state index contributed by atoms with van der Waals surface area (Å²) in [7, 11) is 0. The second-order valence-electron chi connectivity index (χ2n) is 7.29. The Hall–Kier alpha value is -3.40. The van der Waals surface area contributed by atoms with E-state index < -0.39 is 0 Å². The minimum atomic E-state index is -0.138. The highest BCUT2D eigenvalue weighted by Gasteiger charge is 2.15. The average molecular weight is 401 g/mol. The Labute approximate surface area is 178 Å². The molecule has 0 radical (unpaired) electrons. The van der Waals surface area contributed by atoms with Crippen LogP contribution in [0.3, 0.4) is 0 Å². The SMILES string of the molecule is O=C(Cc1ccccc1)NCC(=O)N(CCc1ccccc1)CCc1ccccc1. The van der Waals surface area contributed by atoms with Crippen molar-refractivity contribution >= 4 is 11.8 Å². The fourth-order valence-electron chi connectivity index (χ4n) is 3.31. The minimum absolute atomic E-state index is 0.0231. The van der Waals surface area contributed by atoms with Crippen LogP contribution in [-0.2, 0) is 28.9 Å². The van der Waals surface area contributed by atoms with E-state index in [1.54, 1.807) is 0 Å². The highest BCUT2D eigenvalue weighted by molar-refractivity contribution is 5.85. The molecule has 3 rings (SSSR count). The van der Waals surface area contributed by atoms with Gasteiger partial charge in [0.2, 0.25) is 11.8 Å². The van der Waals surface area contributed by atoms with Crippen LogP contribution in [0.15, 0.2) is 91.0 Å². The molecule has 0 bridgehead atoms. The second kappa shape index (κ2) is 11.6. The lowest BCUT2D eigenvalue weighted by atomic mass is 10.1. The van der Waals surface area contributed by atoms with Gasteiger partial charge in [0.25, 0.3) is 0 Å². The average Bonchev–Trinajstić information content (AvgIpc) is 2.79. The van der Waals surface area contributed by atoms with E-state index in [9.17, 15) is 9.59 Å². The molecular weight excluding hydrogens is 372 g/mol. The maximum Gasteiger partial charge on any atom is 0.241 e. The van der Waals surface area contributed by atoms with Crippen LogP contribution in [0.5, 0.6) is 0 Å². The first-order valence-corrected chi connectivity index (χ1v) is 10.4. The molecule has 30 heavy (non-hydrogen) atoms. The summed E-state index contributed by atoms with van der Waals surface area (Å²) < 4.78 is 0. The van der Waals surface area contributed by atoms with Gasteiger partial charge in [0.15, 0.2) is 0 Å². The van der Waals surface area contributed by atoms with Crippen LogP contribution in [-0.4, -0.2) is 36.3 Å². The summed E-state index contributed by atoms with van der Waals surface area (Å²) in [5, 5.41) is 2.78. The molecule has 0 heterocycles. The molecule has 0 aliphatic heterocycles. The Balaban J connectivity index is 1.54. The smallest absolute Gasteiger partial charge is 0.241 e. The molecule has 0 fully saturated rings. The van der Waals surface area contributed by atoms with Crippen LogP contribution in [0, 0.1) is 0 Å². The van der Waals surface area contributed by atoms with Gasteiger partial charge in [-0.05, 0) is 29.5 Å². The van der Waals surface area contributed by atoms with Crippen molar-refractivity contribution in [3.05, 3.63) is 108 Å². The predicted octanol–water partition coefficient (Wildman–Crippen LogP) is 3.66. The van der Waals surface area contributed by atoms with E-state index in [1.807, 2.05) is 71.6 Å². The zero-order valence-electron chi connectivity index (χ0n) is 17.2. The van der Waals surface area contributed by atoms with Crippen molar-refractivity contribution in [2.75, 3.05) is 19.6 Å². The zero-order valence-corrected chi connectivity index (χ0v) is 17.2. The molecule has 0 saturated carbocycles. The van der Waals surface area contributed by atoms with E-state index in [-0.39, 0.29) is 24.8 Å². The minimum Gasteiger partial charge on any atom is -0.347 e. The first-order chi connectivity index (χ1) is 14.7. The Kier molecular flexibility index (Phi) is 8.22. The van der Waals surface area contributed by atoms with Gasteiger partial charge in [-0.25, -0.2) is 0 Å². The molecule has 154 valence electrons. The van der Waals surface area contributed by atoms with Crippen LogP contribution in [0.25, 0.3) is 0 Å². The Morgan fingerprint density at radius 3 is 1.53 bits per heavy atom. The van der Waals surface area contributed by atoms with Crippen LogP contribution in [0.4, 0.5) is 0 Å². The molecule has 0 saturated heterocycles. The highest BCUT2D eigenvalue weighted by Crippen LogP contribution is 2.06. The van der Waals surface area contributed by atoms with Gasteiger partial charge in [0.1, 0.15) is 0 Å². The van der Waals surface area contributed by atoms with Gasteiger partial charge in [-0.2, -0.15) is 0 Å². The highest BCUT2D eigenvalue weighted by atomic mass is 16.2. The summed E-state index contributed by atoms with van der Waals surface area (Å²) >= 11 is 0. The Bertz CT molecular complexity index is 868. The zero-order chi connectivity index (χ0) is 21.0. The van der Waals surface area contributed by atoms with Crippen LogP contribution in [0.2, 0.25) is 0 Å². The van der Waals surface area contributed by atoms with Crippen molar-refractivity contribution in [2.24, 2.45) is 0 Å². The molecule has 0 spiro atoms. The monoisotopic (exact) mass is 400 g/mol. The van der Waals surface area contributed by atoms with Crippen LogP contribution in [0.1, 0.15) is 16.7 Å². The van der Waals surface area contributed by atoms with E-state index in [0.717, 1.165) is 18.4 Å². The number of hydrogen-bond acceptors (Lipinski definition) is 2. The molecule has 3 aromatic rings. The molecule has 1 N–H and O–H groups in total. The fraction of sp³-hybridized carbons (Fsp3) is 0.231. The van der Waals surface area contributed by atoms with Crippen molar-refractivity contribution in [3.8, 4) is 0 Å². The summed E-state index contributed by atoms with van der Waals surface area (Å²) in [6.45, 7) is 1.28. The Morgan fingerprint density at radius 2 is 1.07 bits per heavy atom. The third-order valence-electron chi connectivity index (χ3n) is 5.02.